The third kappa shape index (κ3) is 2.59. The second-order valence-corrected chi connectivity index (χ2v) is 4.88. The quantitative estimate of drug-likeness (QED) is 0.804. The van der Waals surface area contributed by atoms with E-state index in [4.69, 9.17) is 9.15 Å². The molecule has 1 heterocycles. The Bertz CT molecular complexity index is 712. The smallest absolute Gasteiger partial charge is 0.339 e. The van der Waals surface area contributed by atoms with Crippen molar-refractivity contribution in [2.24, 2.45) is 0 Å². The Morgan fingerprint density at radius 2 is 2.10 bits per heavy atom. The second kappa shape index (κ2) is 5.49. The molecule has 0 aliphatic carbocycles. The summed E-state index contributed by atoms with van der Waals surface area (Å²) in [5.41, 5.74) is 1.81. The zero-order valence-electron chi connectivity index (χ0n) is 12.1. The predicted octanol–water partition coefficient (Wildman–Crippen LogP) is 3.02. The average Bonchev–Trinajstić information content (AvgIpc) is 2.38. The van der Waals surface area contributed by atoms with Crippen LogP contribution in [0.3, 0.4) is 0 Å². The molecule has 1 aromatic heterocycles. The first kappa shape index (κ1) is 14.3. The summed E-state index contributed by atoms with van der Waals surface area (Å²) in [7, 11) is 0. The van der Waals surface area contributed by atoms with Gasteiger partial charge in [0.2, 0.25) is 0 Å². The van der Waals surface area contributed by atoms with Crippen LogP contribution in [0.1, 0.15) is 31.9 Å². The van der Waals surface area contributed by atoms with Gasteiger partial charge in [0, 0.05) is 17.0 Å². The molecule has 0 bridgehead atoms. The molecule has 0 N–H and O–H groups in total. The van der Waals surface area contributed by atoms with Crippen molar-refractivity contribution in [2.75, 3.05) is 0 Å². The molecule has 1 unspecified atom stereocenters. The molecule has 2 rings (SSSR count). The summed E-state index contributed by atoms with van der Waals surface area (Å²) in [6, 6.07) is 5.30. The molecular formula is C16H18O4. The summed E-state index contributed by atoms with van der Waals surface area (Å²) < 4.78 is 10.8. The number of carbonyl (C=O) groups excluding carboxylic acids is 1. The largest absolute Gasteiger partial charge is 0.483 e. The summed E-state index contributed by atoms with van der Waals surface area (Å²) in [6.07, 6.45) is 0.124. The van der Waals surface area contributed by atoms with Crippen molar-refractivity contribution in [1.82, 2.24) is 0 Å². The number of carbonyl (C=O) groups is 1. The monoisotopic (exact) mass is 274 g/mol. The molecule has 1 atom stereocenters. The minimum atomic E-state index is -0.518. The highest BCUT2D eigenvalue weighted by atomic mass is 16.5. The lowest BCUT2D eigenvalue weighted by molar-refractivity contribution is -0.122. The van der Waals surface area contributed by atoms with Gasteiger partial charge in [0.25, 0.3) is 0 Å². The van der Waals surface area contributed by atoms with Gasteiger partial charge in [-0.25, -0.2) is 4.79 Å². The Balaban J connectivity index is 2.50. The zero-order chi connectivity index (χ0) is 14.9. The number of hydrogen-bond acceptors (Lipinski definition) is 4. The minimum absolute atomic E-state index is 0.0518. The van der Waals surface area contributed by atoms with E-state index in [-0.39, 0.29) is 11.4 Å². The van der Waals surface area contributed by atoms with Crippen molar-refractivity contribution < 1.29 is 13.9 Å². The van der Waals surface area contributed by atoms with E-state index in [1.807, 2.05) is 19.9 Å². The van der Waals surface area contributed by atoms with Crippen LogP contribution in [0.5, 0.6) is 5.75 Å². The molecule has 0 aliphatic heterocycles. The van der Waals surface area contributed by atoms with Crippen LogP contribution in [-0.4, -0.2) is 11.9 Å². The maximum Gasteiger partial charge on any atom is 0.339 e. The van der Waals surface area contributed by atoms with E-state index in [9.17, 15) is 9.59 Å². The number of aryl methyl sites for hydroxylation is 1. The second-order valence-electron chi connectivity index (χ2n) is 4.88. The van der Waals surface area contributed by atoms with Crippen LogP contribution in [0.25, 0.3) is 11.0 Å². The van der Waals surface area contributed by atoms with Crippen molar-refractivity contribution >= 4 is 16.8 Å². The van der Waals surface area contributed by atoms with Gasteiger partial charge >= 0.3 is 5.63 Å². The van der Waals surface area contributed by atoms with Crippen LogP contribution in [0, 0.1) is 6.92 Å². The average molecular weight is 274 g/mol. The van der Waals surface area contributed by atoms with Crippen LogP contribution in [-0.2, 0) is 11.2 Å². The molecule has 20 heavy (non-hydrogen) atoms. The summed E-state index contributed by atoms with van der Waals surface area (Å²) in [5.74, 6) is 0.469. The Morgan fingerprint density at radius 3 is 2.70 bits per heavy atom. The van der Waals surface area contributed by atoms with Crippen LogP contribution < -0.4 is 10.4 Å². The fourth-order valence-corrected chi connectivity index (χ4v) is 2.14. The van der Waals surface area contributed by atoms with Crippen LogP contribution in [0.4, 0.5) is 0 Å². The molecule has 0 saturated carbocycles. The van der Waals surface area contributed by atoms with Crippen molar-refractivity contribution in [3.63, 3.8) is 0 Å². The molecule has 2 aromatic rings. The topological polar surface area (TPSA) is 56.5 Å². The normalized spacial score (nSPS) is 12.4. The molecule has 0 spiro atoms. The number of hydrogen-bond donors (Lipinski definition) is 0. The first-order valence-electron chi connectivity index (χ1n) is 6.67. The third-order valence-electron chi connectivity index (χ3n) is 3.50. The van der Waals surface area contributed by atoms with E-state index in [0.717, 1.165) is 10.9 Å². The summed E-state index contributed by atoms with van der Waals surface area (Å²) in [4.78, 5) is 23.1. The van der Waals surface area contributed by atoms with Crippen molar-refractivity contribution in [2.45, 2.75) is 40.2 Å². The Labute approximate surface area is 117 Å². The molecule has 0 aliphatic rings. The number of ketones is 1. The highest BCUT2D eigenvalue weighted by molar-refractivity contribution is 5.83. The van der Waals surface area contributed by atoms with Gasteiger partial charge in [-0.15, -0.1) is 0 Å². The van der Waals surface area contributed by atoms with Gasteiger partial charge in [-0.05, 0) is 44.9 Å². The number of rotatable bonds is 4. The number of benzene rings is 1. The zero-order valence-corrected chi connectivity index (χ0v) is 12.1. The van der Waals surface area contributed by atoms with E-state index in [1.165, 1.54) is 6.92 Å². The Kier molecular flexibility index (Phi) is 3.93. The summed E-state index contributed by atoms with van der Waals surface area (Å²) in [5, 5.41) is 0.893. The molecule has 0 radical (unpaired) electrons. The van der Waals surface area contributed by atoms with Crippen LogP contribution in [0.15, 0.2) is 27.4 Å². The molecule has 4 heteroatoms. The molecule has 0 saturated heterocycles. The number of ether oxygens (including phenoxy) is 1. The lowest BCUT2D eigenvalue weighted by atomic mass is 10.0. The molecule has 106 valence electrons. The fraction of sp³-hybridized carbons (Fsp3) is 0.375. The molecule has 1 aromatic carbocycles. The molecule has 0 fully saturated rings. The maximum absolute atomic E-state index is 11.9. The Morgan fingerprint density at radius 1 is 1.40 bits per heavy atom. The lowest BCUT2D eigenvalue weighted by Crippen LogP contribution is -2.20. The van der Waals surface area contributed by atoms with E-state index in [0.29, 0.717) is 23.3 Å². The summed E-state index contributed by atoms with van der Waals surface area (Å²) >= 11 is 0. The lowest BCUT2D eigenvalue weighted by Gasteiger charge is -2.12. The van der Waals surface area contributed by atoms with E-state index in [1.54, 1.807) is 19.1 Å². The van der Waals surface area contributed by atoms with Crippen molar-refractivity contribution in [1.29, 1.82) is 0 Å². The molecule has 0 amide bonds. The van der Waals surface area contributed by atoms with Crippen molar-refractivity contribution in [3.05, 3.63) is 39.7 Å². The molecule has 4 nitrogen and oxygen atoms in total. The van der Waals surface area contributed by atoms with Gasteiger partial charge in [0.15, 0.2) is 11.9 Å². The summed E-state index contributed by atoms with van der Waals surface area (Å²) in [6.45, 7) is 7.01. The van der Waals surface area contributed by atoms with Crippen LogP contribution in [0.2, 0.25) is 0 Å². The van der Waals surface area contributed by atoms with E-state index in [2.05, 4.69) is 0 Å². The van der Waals surface area contributed by atoms with E-state index >= 15 is 0 Å². The number of fused-ring (bicyclic) bond motifs is 1. The van der Waals surface area contributed by atoms with Gasteiger partial charge < -0.3 is 9.15 Å². The minimum Gasteiger partial charge on any atom is -0.483 e. The van der Waals surface area contributed by atoms with Crippen LogP contribution >= 0.6 is 0 Å². The van der Waals surface area contributed by atoms with Gasteiger partial charge in [-0.3, -0.25) is 4.79 Å². The molecular weight excluding hydrogens is 256 g/mol. The Hall–Kier alpha value is -2.10. The van der Waals surface area contributed by atoms with Crippen molar-refractivity contribution in [3.8, 4) is 5.75 Å². The van der Waals surface area contributed by atoms with Gasteiger partial charge in [0.05, 0.1) is 0 Å². The SMILES string of the molecule is CCc1c(C)c2ccc(OC(C)C(C)=O)cc2oc1=O. The highest BCUT2D eigenvalue weighted by Gasteiger charge is 2.13. The third-order valence-corrected chi connectivity index (χ3v) is 3.50. The number of Topliss-reactive ketones (excluding diaryl/α,β-unsaturated/α-hetero) is 1. The highest BCUT2D eigenvalue weighted by Crippen LogP contribution is 2.25. The first-order valence-corrected chi connectivity index (χ1v) is 6.67. The van der Waals surface area contributed by atoms with Gasteiger partial charge in [-0.1, -0.05) is 6.92 Å². The van der Waals surface area contributed by atoms with Gasteiger partial charge in [0.1, 0.15) is 11.3 Å². The predicted molar refractivity (Wildman–Crippen MR) is 77.4 cm³/mol. The standard InChI is InChI=1S/C16H18O4/c1-5-13-9(2)14-7-6-12(19-11(4)10(3)17)8-15(14)20-16(13)18/h6-8,11H,5H2,1-4H3. The first-order chi connectivity index (χ1) is 9.43. The maximum atomic E-state index is 11.9. The van der Waals surface area contributed by atoms with Gasteiger partial charge in [-0.2, -0.15) is 0 Å². The van der Waals surface area contributed by atoms with E-state index < -0.39 is 6.10 Å². The fourth-order valence-electron chi connectivity index (χ4n) is 2.14.